The molecule has 0 radical (unpaired) electrons. The van der Waals surface area contributed by atoms with Gasteiger partial charge in [0.2, 0.25) is 0 Å². The van der Waals surface area contributed by atoms with Crippen LogP contribution in [0.5, 0.6) is 0 Å². The smallest absolute Gasteiger partial charge is 0.340 e. The number of nitrogen functional groups attached to an aromatic ring is 1. The number of halogens is 1. The zero-order chi connectivity index (χ0) is 15.4. The zero-order valence-electron chi connectivity index (χ0n) is 11.8. The first-order chi connectivity index (χ1) is 10.0. The number of rotatable bonds is 4. The lowest BCUT2D eigenvalue weighted by Gasteiger charge is -2.16. The quantitative estimate of drug-likeness (QED) is 0.827. The monoisotopic (exact) mass is 349 g/mol. The molecule has 2 rings (SSSR count). The Hall–Kier alpha value is -2.08. The van der Waals surface area contributed by atoms with Crippen molar-refractivity contribution in [3.8, 4) is 0 Å². The van der Waals surface area contributed by atoms with Gasteiger partial charge in [-0.1, -0.05) is 28.1 Å². The minimum absolute atomic E-state index is 0.0414. The van der Waals surface area contributed by atoms with Crippen LogP contribution in [0.4, 0.5) is 11.5 Å². The van der Waals surface area contributed by atoms with E-state index < -0.39 is 5.97 Å². The summed E-state index contributed by atoms with van der Waals surface area (Å²) in [4.78, 5) is 15.8. The Labute approximate surface area is 131 Å². The molecular weight excluding hydrogens is 334 g/mol. The predicted molar refractivity (Wildman–Crippen MR) is 86.2 cm³/mol. The average molecular weight is 350 g/mol. The van der Waals surface area contributed by atoms with Gasteiger partial charge in [0.05, 0.1) is 24.6 Å². The van der Waals surface area contributed by atoms with Gasteiger partial charge in [-0.25, -0.2) is 9.78 Å². The van der Waals surface area contributed by atoms with Gasteiger partial charge in [0.25, 0.3) is 0 Å². The number of nitrogens with two attached hydrogens (primary N) is 1. The highest BCUT2D eigenvalue weighted by molar-refractivity contribution is 9.10. The molecule has 0 bridgehead atoms. The van der Waals surface area contributed by atoms with Crippen molar-refractivity contribution in [2.45, 2.75) is 13.0 Å². The van der Waals surface area contributed by atoms with Gasteiger partial charge in [0, 0.05) is 10.5 Å². The number of anilines is 2. The number of hydrogen-bond acceptors (Lipinski definition) is 5. The molecular formula is C15H16BrN3O2. The summed E-state index contributed by atoms with van der Waals surface area (Å²) >= 11 is 3.40. The second-order valence-corrected chi connectivity index (χ2v) is 5.48. The van der Waals surface area contributed by atoms with Crippen molar-refractivity contribution >= 4 is 33.4 Å². The van der Waals surface area contributed by atoms with Crippen LogP contribution in [0.3, 0.4) is 0 Å². The van der Waals surface area contributed by atoms with Crippen molar-refractivity contribution < 1.29 is 9.53 Å². The SMILES string of the molecule is COC(=O)c1cc(NC(C)c2ccc(Br)cc2)ncc1N. The molecule has 110 valence electrons. The van der Waals surface area contributed by atoms with E-state index in [0.717, 1.165) is 10.0 Å². The Morgan fingerprint density at radius 3 is 2.67 bits per heavy atom. The minimum Gasteiger partial charge on any atom is -0.465 e. The van der Waals surface area contributed by atoms with Crippen LogP contribution in [0.15, 0.2) is 41.0 Å². The molecule has 0 aliphatic carbocycles. The fraction of sp³-hybridized carbons (Fsp3) is 0.200. The second-order valence-electron chi connectivity index (χ2n) is 4.57. The van der Waals surface area contributed by atoms with Crippen molar-refractivity contribution in [1.82, 2.24) is 4.98 Å². The lowest BCUT2D eigenvalue weighted by atomic mass is 10.1. The van der Waals surface area contributed by atoms with E-state index in [9.17, 15) is 4.79 Å². The van der Waals surface area contributed by atoms with E-state index in [1.54, 1.807) is 6.07 Å². The molecule has 3 N–H and O–H groups in total. The van der Waals surface area contributed by atoms with Crippen molar-refractivity contribution in [1.29, 1.82) is 0 Å². The summed E-state index contributed by atoms with van der Waals surface area (Å²) in [6.45, 7) is 2.01. The van der Waals surface area contributed by atoms with E-state index in [1.807, 2.05) is 31.2 Å². The summed E-state index contributed by atoms with van der Waals surface area (Å²) in [7, 11) is 1.32. The molecule has 0 spiro atoms. The fourth-order valence-electron chi connectivity index (χ4n) is 1.89. The zero-order valence-corrected chi connectivity index (χ0v) is 13.3. The summed E-state index contributed by atoms with van der Waals surface area (Å²) < 4.78 is 5.72. The van der Waals surface area contributed by atoms with Crippen LogP contribution >= 0.6 is 15.9 Å². The molecule has 1 unspecified atom stereocenters. The molecule has 5 nitrogen and oxygen atoms in total. The Balaban J connectivity index is 2.19. The number of carbonyl (C=O) groups is 1. The summed E-state index contributed by atoms with van der Waals surface area (Å²) in [5, 5.41) is 3.23. The number of aromatic nitrogens is 1. The number of esters is 1. The lowest BCUT2D eigenvalue weighted by molar-refractivity contribution is 0.0602. The number of nitrogens with zero attached hydrogens (tertiary/aromatic N) is 1. The van der Waals surface area contributed by atoms with Gasteiger partial charge in [-0.15, -0.1) is 0 Å². The van der Waals surface area contributed by atoms with Gasteiger partial charge >= 0.3 is 5.97 Å². The fourth-order valence-corrected chi connectivity index (χ4v) is 2.15. The van der Waals surface area contributed by atoms with Crippen molar-refractivity contribution in [2.24, 2.45) is 0 Å². The topological polar surface area (TPSA) is 77.2 Å². The van der Waals surface area contributed by atoms with Crippen molar-refractivity contribution in [2.75, 3.05) is 18.2 Å². The predicted octanol–water partition coefficient (Wildman–Crippen LogP) is 3.39. The molecule has 0 amide bonds. The Kier molecular flexibility index (Phi) is 4.80. The third kappa shape index (κ3) is 3.72. The molecule has 1 aromatic carbocycles. The molecule has 1 heterocycles. The molecule has 0 aliphatic rings. The molecule has 0 saturated carbocycles. The van der Waals surface area contributed by atoms with Gasteiger partial charge in [-0.05, 0) is 30.7 Å². The molecule has 1 aromatic heterocycles. The molecule has 6 heteroatoms. The first-order valence-electron chi connectivity index (χ1n) is 6.37. The van der Waals surface area contributed by atoms with Crippen molar-refractivity contribution in [3.63, 3.8) is 0 Å². The number of benzene rings is 1. The number of hydrogen-bond donors (Lipinski definition) is 2. The van der Waals surface area contributed by atoms with Crippen LogP contribution in [0, 0.1) is 0 Å². The first-order valence-corrected chi connectivity index (χ1v) is 7.16. The van der Waals surface area contributed by atoms with Gasteiger partial charge in [0.15, 0.2) is 0 Å². The molecule has 0 fully saturated rings. The summed E-state index contributed by atoms with van der Waals surface area (Å²) in [5.41, 5.74) is 7.43. The second kappa shape index (κ2) is 6.58. The highest BCUT2D eigenvalue weighted by Gasteiger charge is 2.13. The maximum absolute atomic E-state index is 11.6. The molecule has 1 atom stereocenters. The van der Waals surface area contributed by atoms with Crippen LogP contribution in [-0.2, 0) is 4.74 Å². The van der Waals surface area contributed by atoms with Crippen molar-refractivity contribution in [3.05, 3.63) is 52.1 Å². The molecule has 2 aromatic rings. The van der Waals surface area contributed by atoms with Gasteiger partial charge in [-0.3, -0.25) is 0 Å². The van der Waals surface area contributed by atoms with Crippen LogP contribution in [-0.4, -0.2) is 18.1 Å². The Bertz CT molecular complexity index is 644. The number of methoxy groups -OCH3 is 1. The molecule has 0 aliphatic heterocycles. The van der Waals surface area contributed by atoms with Gasteiger partial charge in [-0.2, -0.15) is 0 Å². The van der Waals surface area contributed by atoms with E-state index in [-0.39, 0.29) is 6.04 Å². The van der Waals surface area contributed by atoms with Crippen LogP contribution in [0.1, 0.15) is 28.9 Å². The van der Waals surface area contributed by atoms with Crippen LogP contribution in [0.25, 0.3) is 0 Å². The largest absolute Gasteiger partial charge is 0.465 e. The average Bonchev–Trinajstić information content (AvgIpc) is 2.49. The number of nitrogens with one attached hydrogen (secondary N) is 1. The van der Waals surface area contributed by atoms with Crippen LogP contribution < -0.4 is 11.1 Å². The van der Waals surface area contributed by atoms with Crippen LogP contribution in [0.2, 0.25) is 0 Å². The highest BCUT2D eigenvalue weighted by Crippen LogP contribution is 2.22. The van der Waals surface area contributed by atoms with E-state index in [2.05, 4.69) is 26.2 Å². The maximum atomic E-state index is 11.6. The number of carbonyl (C=O) groups excluding carboxylic acids is 1. The minimum atomic E-state index is -0.478. The third-order valence-corrected chi connectivity index (χ3v) is 3.60. The number of ether oxygens (including phenoxy) is 1. The third-order valence-electron chi connectivity index (χ3n) is 3.07. The normalized spacial score (nSPS) is 11.8. The highest BCUT2D eigenvalue weighted by atomic mass is 79.9. The molecule has 21 heavy (non-hydrogen) atoms. The van der Waals surface area contributed by atoms with E-state index in [1.165, 1.54) is 13.3 Å². The Morgan fingerprint density at radius 2 is 2.05 bits per heavy atom. The first kappa shape index (κ1) is 15.3. The van der Waals surface area contributed by atoms with E-state index in [4.69, 9.17) is 10.5 Å². The summed E-state index contributed by atoms with van der Waals surface area (Å²) in [5.74, 6) is 0.0919. The molecule has 0 saturated heterocycles. The lowest BCUT2D eigenvalue weighted by Crippen LogP contribution is -2.11. The Morgan fingerprint density at radius 1 is 1.38 bits per heavy atom. The summed E-state index contributed by atoms with van der Waals surface area (Å²) in [6, 6.07) is 9.62. The van der Waals surface area contributed by atoms with Gasteiger partial charge < -0.3 is 15.8 Å². The standard InChI is InChI=1S/C15H16BrN3O2/c1-9(10-3-5-11(16)6-4-10)19-14-7-12(15(20)21-2)13(17)8-18-14/h3-9H,17H2,1-2H3,(H,18,19). The maximum Gasteiger partial charge on any atom is 0.340 e. The number of pyridine rings is 1. The summed E-state index contributed by atoms with van der Waals surface area (Å²) in [6.07, 6.45) is 1.45. The van der Waals surface area contributed by atoms with Gasteiger partial charge in [0.1, 0.15) is 5.82 Å². The van der Waals surface area contributed by atoms with E-state index >= 15 is 0 Å². The van der Waals surface area contributed by atoms with E-state index in [0.29, 0.717) is 17.1 Å².